The predicted molar refractivity (Wildman–Crippen MR) is 106 cm³/mol. The summed E-state index contributed by atoms with van der Waals surface area (Å²) in [6, 6.07) is 5.97. The molecule has 2 aromatic rings. The van der Waals surface area contributed by atoms with E-state index in [0.717, 1.165) is 30.0 Å². The number of hydrogen-bond donors (Lipinski definition) is 4. The van der Waals surface area contributed by atoms with Crippen molar-refractivity contribution in [1.29, 1.82) is 5.26 Å². The molecule has 2 aromatic heterocycles. The van der Waals surface area contributed by atoms with Crippen molar-refractivity contribution in [3.63, 3.8) is 0 Å². The van der Waals surface area contributed by atoms with Crippen LogP contribution in [0.15, 0.2) is 18.3 Å². The fourth-order valence-electron chi connectivity index (χ4n) is 3.31. The van der Waals surface area contributed by atoms with Crippen LogP contribution in [0.2, 0.25) is 0 Å². The van der Waals surface area contributed by atoms with E-state index in [0.29, 0.717) is 11.5 Å². The number of pyridine rings is 1. The molecule has 8 heteroatoms. The maximum absolute atomic E-state index is 9.94. The third-order valence-electron chi connectivity index (χ3n) is 5.26. The lowest BCUT2D eigenvalue weighted by Crippen LogP contribution is -2.32. The number of nitrogens with zero attached hydrogens (tertiary/aromatic N) is 3. The highest BCUT2D eigenvalue weighted by Crippen LogP contribution is 2.34. The molecule has 2 saturated carbocycles. The Morgan fingerprint density at radius 1 is 1.36 bits per heavy atom. The first-order chi connectivity index (χ1) is 13.4. The van der Waals surface area contributed by atoms with Gasteiger partial charge in [0.1, 0.15) is 11.9 Å². The maximum atomic E-state index is 9.94. The Bertz CT molecular complexity index is 875. The van der Waals surface area contributed by atoms with Gasteiger partial charge in [-0.05, 0) is 51.2 Å². The number of aryl methyl sites for hydroxylation is 1. The largest absolute Gasteiger partial charge is 0.465 e. The molecule has 4 N–H and O–H groups in total. The van der Waals surface area contributed by atoms with Gasteiger partial charge in [0.25, 0.3) is 0 Å². The SMILES string of the molecule is CC1(NC(=O)O)CC1.Cc1cc(C#N)cnc1Nc1cc(C2CCCC2)[nH]n1. The number of carbonyl (C=O) groups is 1. The standard InChI is InChI=1S/C15H17N5.C5H9NO2/c1-10-6-11(8-16)9-17-15(10)18-14-7-13(19-20-14)12-4-2-3-5-12;1-5(2-3-5)6-4(7)8/h6-7,9,12H,2-5H2,1H3,(H2,17,18,19,20);6H,2-3H2,1H3,(H,7,8). The first-order valence-electron chi connectivity index (χ1n) is 9.59. The monoisotopic (exact) mass is 382 g/mol. The number of nitrogens with one attached hydrogen (secondary N) is 3. The summed E-state index contributed by atoms with van der Waals surface area (Å²) >= 11 is 0. The smallest absolute Gasteiger partial charge is 0.405 e. The fourth-order valence-corrected chi connectivity index (χ4v) is 3.31. The Balaban J connectivity index is 0.000000236. The van der Waals surface area contributed by atoms with Crippen molar-refractivity contribution in [2.75, 3.05) is 5.32 Å². The summed E-state index contributed by atoms with van der Waals surface area (Å²) < 4.78 is 0. The highest BCUT2D eigenvalue weighted by Gasteiger charge is 2.38. The average molecular weight is 382 g/mol. The number of aromatic amines is 1. The second-order valence-corrected chi connectivity index (χ2v) is 7.81. The van der Waals surface area contributed by atoms with E-state index in [4.69, 9.17) is 10.4 Å². The minimum absolute atomic E-state index is 0.0775. The number of nitriles is 1. The highest BCUT2D eigenvalue weighted by atomic mass is 16.4. The minimum atomic E-state index is -0.912. The Morgan fingerprint density at radius 3 is 2.61 bits per heavy atom. The molecule has 2 heterocycles. The lowest BCUT2D eigenvalue weighted by atomic mass is 10.0. The molecular formula is C20H26N6O2. The van der Waals surface area contributed by atoms with E-state index < -0.39 is 6.09 Å². The van der Waals surface area contributed by atoms with Crippen LogP contribution in [-0.2, 0) is 0 Å². The van der Waals surface area contributed by atoms with Crippen molar-refractivity contribution in [3.05, 3.63) is 35.2 Å². The molecule has 0 radical (unpaired) electrons. The Morgan fingerprint density at radius 2 is 2.07 bits per heavy atom. The lowest BCUT2D eigenvalue weighted by molar-refractivity contribution is 0.189. The molecule has 148 valence electrons. The van der Waals surface area contributed by atoms with E-state index in [-0.39, 0.29) is 5.54 Å². The minimum Gasteiger partial charge on any atom is -0.465 e. The molecule has 0 saturated heterocycles. The molecule has 0 bridgehead atoms. The summed E-state index contributed by atoms with van der Waals surface area (Å²) in [5.41, 5.74) is 2.64. The van der Waals surface area contributed by atoms with Crippen molar-refractivity contribution in [3.8, 4) is 6.07 Å². The van der Waals surface area contributed by atoms with Gasteiger partial charge in [0.15, 0.2) is 5.82 Å². The summed E-state index contributed by atoms with van der Waals surface area (Å²) in [6.45, 7) is 3.84. The van der Waals surface area contributed by atoms with Crippen LogP contribution in [0.25, 0.3) is 0 Å². The summed E-state index contributed by atoms with van der Waals surface area (Å²) in [6.07, 6.45) is 7.74. The third kappa shape index (κ3) is 5.22. The van der Waals surface area contributed by atoms with Crippen molar-refractivity contribution in [2.45, 2.75) is 63.8 Å². The van der Waals surface area contributed by atoms with E-state index in [1.54, 1.807) is 6.20 Å². The molecule has 0 atom stereocenters. The van der Waals surface area contributed by atoms with Crippen molar-refractivity contribution in [1.82, 2.24) is 20.5 Å². The molecule has 2 aliphatic carbocycles. The van der Waals surface area contributed by atoms with Gasteiger partial charge in [-0.3, -0.25) is 5.10 Å². The Kier molecular flexibility index (Phi) is 5.83. The Labute approximate surface area is 164 Å². The Hall–Kier alpha value is -3.08. The number of H-pyrrole nitrogens is 1. The van der Waals surface area contributed by atoms with Crippen LogP contribution >= 0.6 is 0 Å². The fraction of sp³-hybridized carbons (Fsp3) is 0.500. The number of hydrogen-bond acceptors (Lipinski definition) is 5. The van der Waals surface area contributed by atoms with Gasteiger partial charge < -0.3 is 15.7 Å². The zero-order valence-corrected chi connectivity index (χ0v) is 16.2. The van der Waals surface area contributed by atoms with Crippen LogP contribution < -0.4 is 10.6 Å². The van der Waals surface area contributed by atoms with Gasteiger partial charge in [-0.2, -0.15) is 10.4 Å². The molecule has 0 aliphatic heterocycles. The van der Waals surface area contributed by atoms with Gasteiger partial charge in [0.2, 0.25) is 0 Å². The lowest BCUT2D eigenvalue weighted by Gasteiger charge is -2.05. The molecule has 1 amide bonds. The molecule has 4 rings (SSSR count). The average Bonchev–Trinajstić information content (AvgIpc) is 3.09. The van der Waals surface area contributed by atoms with E-state index in [1.165, 1.54) is 31.4 Å². The van der Waals surface area contributed by atoms with Crippen molar-refractivity contribution in [2.24, 2.45) is 0 Å². The molecule has 8 nitrogen and oxygen atoms in total. The topological polar surface area (TPSA) is 127 Å². The summed E-state index contributed by atoms with van der Waals surface area (Å²) in [5.74, 6) is 2.15. The second kappa shape index (κ2) is 8.30. The van der Waals surface area contributed by atoms with Crippen molar-refractivity contribution < 1.29 is 9.90 Å². The van der Waals surface area contributed by atoms with Gasteiger partial charge in [-0.15, -0.1) is 0 Å². The third-order valence-corrected chi connectivity index (χ3v) is 5.26. The molecule has 2 aliphatic rings. The first-order valence-corrected chi connectivity index (χ1v) is 9.59. The van der Waals surface area contributed by atoms with Crippen LogP contribution in [0.5, 0.6) is 0 Å². The maximum Gasteiger partial charge on any atom is 0.405 e. The number of anilines is 2. The molecule has 28 heavy (non-hydrogen) atoms. The van der Waals surface area contributed by atoms with Gasteiger partial charge in [-0.1, -0.05) is 12.8 Å². The van der Waals surface area contributed by atoms with E-state index in [9.17, 15) is 4.79 Å². The van der Waals surface area contributed by atoms with Crippen molar-refractivity contribution >= 4 is 17.7 Å². The van der Waals surface area contributed by atoms with Crippen LogP contribution in [0.1, 0.15) is 68.2 Å². The van der Waals surface area contributed by atoms with E-state index in [2.05, 4.69) is 38.0 Å². The van der Waals surface area contributed by atoms with Gasteiger partial charge in [0, 0.05) is 29.4 Å². The summed E-state index contributed by atoms with van der Waals surface area (Å²) in [5, 5.41) is 30.0. The number of carboxylic acid groups (broad SMARTS) is 1. The zero-order chi connectivity index (χ0) is 20.1. The zero-order valence-electron chi connectivity index (χ0n) is 16.2. The predicted octanol–water partition coefficient (Wildman–Crippen LogP) is 4.19. The molecular weight excluding hydrogens is 356 g/mol. The molecule has 0 unspecified atom stereocenters. The second-order valence-electron chi connectivity index (χ2n) is 7.81. The van der Waals surface area contributed by atoms with Crippen LogP contribution in [0.3, 0.4) is 0 Å². The number of amides is 1. The summed E-state index contributed by atoms with van der Waals surface area (Å²) in [7, 11) is 0. The molecule has 0 aromatic carbocycles. The normalized spacial score (nSPS) is 17.2. The van der Waals surface area contributed by atoms with Gasteiger partial charge in [0.05, 0.1) is 5.56 Å². The van der Waals surface area contributed by atoms with Crippen LogP contribution in [0, 0.1) is 18.3 Å². The molecule has 2 fully saturated rings. The highest BCUT2D eigenvalue weighted by molar-refractivity contribution is 5.66. The quantitative estimate of drug-likeness (QED) is 0.628. The number of aromatic nitrogens is 3. The number of rotatable bonds is 4. The first kappa shape index (κ1) is 19.7. The van der Waals surface area contributed by atoms with Gasteiger partial charge in [-0.25, -0.2) is 9.78 Å². The van der Waals surface area contributed by atoms with Gasteiger partial charge >= 0.3 is 6.09 Å². The van der Waals surface area contributed by atoms with Crippen LogP contribution in [-0.4, -0.2) is 31.9 Å². The summed E-state index contributed by atoms with van der Waals surface area (Å²) in [4.78, 5) is 14.2. The van der Waals surface area contributed by atoms with Crippen LogP contribution in [0.4, 0.5) is 16.4 Å². The molecule has 0 spiro atoms. The van der Waals surface area contributed by atoms with E-state index in [1.807, 2.05) is 19.9 Å². The van der Waals surface area contributed by atoms with E-state index >= 15 is 0 Å².